The molecule has 4 rings (SSSR count). The molecule has 1 fully saturated rings. The lowest BCUT2D eigenvalue weighted by Crippen LogP contribution is -2.42. The molecule has 0 amide bonds. The summed E-state index contributed by atoms with van der Waals surface area (Å²) >= 11 is 5.70. The van der Waals surface area contributed by atoms with Gasteiger partial charge in [-0.1, -0.05) is 83.0 Å². The minimum atomic E-state index is -1.83. The van der Waals surface area contributed by atoms with Crippen LogP contribution in [0.4, 0.5) is 4.79 Å². The van der Waals surface area contributed by atoms with Gasteiger partial charge >= 0.3 is 11.4 Å². The van der Waals surface area contributed by atoms with Gasteiger partial charge in [0, 0.05) is 17.7 Å². The van der Waals surface area contributed by atoms with E-state index in [1.807, 2.05) is 42.5 Å². The van der Waals surface area contributed by atoms with E-state index < -0.39 is 13.7 Å². The summed E-state index contributed by atoms with van der Waals surface area (Å²) in [5, 5.41) is 0. The number of benzene rings is 2. The summed E-state index contributed by atoms with van der Waals surface area (Å²) in [5.74, 6) is 1.79. The first-order chi connectivity index (χ1) is 21.8. The second-order valence-electron chi connectivity index (χ2n) is 13.0. The molecule has 248 valence electrons. The molecule has 8 heteroatoms. The standard InChI is InChI=1S/C37H53ClO6Si/c1-5-9-11-18-30(43-37(38)40)20-21-31-32-22-28-17-14-19-34(41-26-36(39)42-25-27-15-12-10-13-16-27)33(28)23-29(32)24-35(31)44-45(6-2,7-3)8-4/h10,12-17,19,29-32,35H,5-9,11,18,20-26H2,1-4H3/t29-,30-,31+,32-,35?/m0/s1. The molecule has 2 aliphatic carbocycles. The molecule has 6 nitrogen and oxygen atoms in total. The van der Waals surface area contributed by atoms with Gasteiger partial charge in [0.1, 0.15) is 18.5 Å². The van der Waals surface area contributed by atoms with Crippen LogP contribution in [0, 0.1) is 17.8 Å². The van der Waals surface area contributed by atoms with Crippen molar-refractivity contribution in [2.24, 2.45) is 17.8 Å². The van der Waals surface area contributed by atoms with Gasteiger partial charge in [-0.15, -0.1) is 0 Å². The van der Waals surface area contributed by atoms with Crippen LogP contribution < -0.4 is 4.74 Å². The van der Waals surface area contributed by atoms with Gasteiger partial charge in [0.05, 0.1) is 0 Å². The maximum absolute atomic E-state index is 12.5. The first kappa shape index (κ1) is 35.5. The fraction of sp³-hybridized carbons (Fsp3) is 0.622. The fourth-order valence-electron chi connectivity index (χ4n) is 7.68. The molecule has 0 heterocycles. The summed E-state index contributed by atoms with van der Waals surface area (Å²) < 4.78 is 24.4. The third-order valence-electron chi connectivity index (χ3n) is 10.5. The maximum atomic E-state index is 12.5. The molecule has 2 aromatic carbocycles. The van der Waals surface area contributed by atoms with Crippen molar-refractivity contribution in [1.29, 1.82) is 0 Å². The summed E-state index contributed by atoms with van der Waals surface area (Å²) in [6, 6.07) is 19.3. The Hall–Kier alpha value is -2.35. The average molecular weight is 657 g/mol. The lowest BCUT2D eigenvalue weighted by Gasteiger charge is -2.36. The van der Waals surface area contributed by atoms with Crippen LogP contribution in [0.25, 0.3) is 0 Å². The molecule has 2 aliphatic rings. The predicted octanol–water partition coefficient (Wildman–Crippen LogP) is 9.65. The van der Waals surface area contributed by atoms with Crippen LogP contribution in [-0.4, -0.2) is 38.5 Å². The molecule has 5 atom stereocenters. The Labute approximate surface area is 276 Å². The molecule has 2 aromatic rings. The smallest absolute Gasteiger partial charge is 0.404 e. The van der Waals surface area contributed by atoms with Crippen LogP contribution in [0.3, 0.4) is 0 Å². The SMILES string of the molecule is CCCCC[C@@H](CC[C@H]1C(O[Si](CC)(CC)CC)C[C@@H]2Cc3c(cccc3OCC(=O)OCc3ccccc3)C[C@@H]21)OC(=O)Cl. The van der Waals surface area contributed by atoms with Crippen molar-refractivity contribution < 1.29 is 28.2 Å². The van der Waals surface area contributed by atoms with E-state index in [9.17, 15) is 9.59 Å². The number of hydrogen-bond donors (Lipinski definition) is 0. The zero-order valence-electron chi connectivity index (χ0n) is 27.7. The minimum absolute atomic E-state index is 0.109. The molecule has 0 aliphatic heterocycles. The number of fused-ring (bicyclic) bond motifs is 2. The fourth-order valence-corrected chi connectivity index (χ4v) is 10.7. The van der Waals surface area contributed by atoms with E-state index in [2.05, 4.69) is 33.8 Å². The average Bonchev–Trinajstić information content (AvgIpc) is 3.38. The number of unbranched alkanes of at least 4 members (excludes halogenated alkanes) is 2. The molecule has 1 saturated carbocycles. The Morgan fingerprint density at radius 1 is 0.933 bits per heavy atom. The Morgan fingerprint density at radius 3 is 2.38 bits per heavy atom. The summed E-state index contributed by atoms with van der Waals surface area (Å²) in [4.78, 5) is 24.3. The second kappa shape index (κ2) is 17.5. The number of rotatable bonds is 18. The van der Waals surface area contributed by atoms with Crippen LogP contribution in [0.1, 0.15) is 89.3 Å². The first-order valence-electron chi connectivity index (χ1n) is 17.3. The monoisotopic (exact) mass is 656 g/mol. The highest BCUT2D eigenvalue weighted by molar-refractivity contribution is 6.73. The van der Waals surface area contributed by atoms with E-state index in [4.69, 9.17) is 30.2 Å². The lowest BCUT2D eigenvalue weighted by atomic mass is 9.73. The van der Waals surface area contributed by atoms with E-state index in [-0.39, 0.29) is 31.4 Å². The van der Waals surface area contributed by atoms with Gasteiger partial charge in [-0.2, -0.15) is 0 Å². The first-order valence-corrected chi connectivity index (χ1v) is 20.2. The largest absolute Gasteiger partial charge is 0.482 e. The van der Waals surface area contributed by atoms with Crippen LogP contribution >= 0.6 is 11.6 Å². The van der Waals surface area contributed by atoms with Crippen molar-refractivity contribution in [3.05, 3.63) is 65.2 Å². The van der Waals surface area contributed by atoms with Crippen LogP contribution in [0.5, 0.6) is 5.75 Å². The molecular weight excluding hydrogens is 604 g/mol. The maximum Gasteiger partial charge on any atom is 0.404 e. The summed E-state index contributed by atoms with van der Waals surface area (Å²) in [5.41, 5.74) is 2.77. The van der Waals surface area contributed by atoms with Crippen molar-refractivity contribution in [1.82, 2.24) is 0 Å². The van der Waals surface area contributed by atoms with E-state index >= 15 is 0 Å². The van der Waals surface area contributed by atoms with E-state index in [1.54, 1.807) is 0 Å². The highest BCUT2D eigenvalue weighted by Gasteiger charge is 2.48. The van der Waals surface area contributed by atoms with Crippen molar-refractivity contribution >= 4 is 31.3 Å². The molecule has 45 heavy (non-hydrogen) atoms. The number of carbonyl (C=O) groups excluding carboxylic acids is 2. The van der Waals surface area contributed by atoms with Gasteiger partial charge in [0.15, 0.2) is 14.9 Å². The lowest BCUT2D eigenvalue weighted by molar-refractivity contribution is -0.147. The molecule has 0 spiro atoms. The van der Waals surface area contributed by atoms with Gasteiger partial charge < -0.3 is 18.6 Å². The van der Waals surface area contributed by atoms with E-state index in [0.717, 1.165) is 87.2 Å². The van der Waals surface area contributed by atoms with E-state index in [1.165, 1.54) is 11.1 Å². The zero-order valence-corrected chi connectivity index (χ0v) is 29.5. The summed E-state index contributed by atoms with van der Waals surface area (Å²) in [6.45, 7) is 9.20. The van der Waals surface area contributed by atoms with Crippen LogP contribution in [0.15, 0.2) is 48.5 Å². The highest BCUT2D eigenvalue weighted by Crippen LogP contribution is 2.50. The predicted molar refractivity (Wildman–Crippen MR) is 182 cm³/mol. The minimum Gasteiger partial charge on any atom is -0.482 e. The molecule has 0 aromatic heterocycles. The quantitative estimate of drug-likeness (QED) is 0.0689. The van der Waals surface area contributed by atoms with Gasteiger partial charge in [0.25, 0.3) is 0 Å². The second-order valence-corrected chi connectivity index (χ2v) is 18.0. The number of hydrogen-bond acceptors (Lipinski definition) is 6. The third-order valence-corrected chi connectivity index (χ3v) is 15.2. The van der Waals surface area contributed by atoms with Crippen LogP contribution in [-0.2, 0) is 38.1 Å². The van der Waals surface area contributed by atoms with Gasteiger partial charge in [0.2, 0.25) is 0 Å². The number of carbonyl (C=O) groups is 2. The van der Waals surface area contributed by atoms with Gasteiger partial charge in [-0.3, -0.25) is 0 Å². The van der Waals surface area contributed by atoms with E-state index in [0.29, 0.717) is 17.8 Å². The van der Waals surface area contributed by atoms with Gasteiger partial charge in [-0.25, -0.2) is 9.59 Å². The van der Waals surface area contributed by atoms with Crippen molar-refractivity contribution in [2.75, 3.05) is 6.61 Å². The summed E-state index contributed by atoms with van der Waals surface area (Å²) in [6.07, 6.45) is 8.90. The Morgan fingerprint density at radius 2 is 1.69 bits per heavy atom. The molecule has 0 saturated heterocycles. The van der Waals surface area contributed by atoms with Crippen molar-refractivity contribution in [3.63, 3.8) is 0 Å². The Bertz CT molecular complexity index is 1210. The molecule has 0 radical (unpaired) electrons. The number of esters is 1. The highest BCUT2D eigenvalue weighted by atomic mass is 35.5. The molecule has 0 N–H and O–H groups in total. The number of halogens is 1. The van der Waals surface area contributed by atoms with Gasteiger partial charge in [-0.05, 0) is 104 Å². The van der Waals surface area contributed by atoms with Crippen LogP contribution in [0.2, 0.25) is 18.1 Å². The van der Waals surface area contributed by atoms with Crippen molar-refractivity contribution in [3.8, 4) is 5.75 Å². The molecule has 0 bridgehead atoms. The Balaban J connectivity index is 1.47. The topological polar surface area (TPSA) is 71.1 Å². The summed E-state index contributed by atoms with van der Waals surface area (Å²) in [7, 11) is -1.83. The molecule has 1 unspecified atom stereocenters. The van der Waals surface area contributed by atoms with Crippen molar-refractivity contribution in [2.45, 2.75) is 122 Å². The Kier molecular flexibility index (Phi) is 13.8. The normalized spacial score (nSPS) is 21.4. The third kappa shape index (κ3) is 9.82. The zero-order chi connectivity index (χ0) is 32.2. The molecular formula is C37H53ClO6Si. The number of ether oxygens (including phenoxy) is 3.